The van der Waals surface area contributed by atoms with E-state index in [2.05, 4.69) is 20.5 Å². The second kappa shape index (κ2) is 7.26. The second-order valence-corrected chi connectivity index (χ2v) is 6.02. The summed E-state index contributed by atoms with van der Waals surface area (Å²) in [6.45, 7) is 2.90. The topological polar surface area (TPSA) is 115 Å². The zero-order valence-electron chi connectivity index (χ0n) is 13.4. The third-order valence-corrected chi connectivity index (χ3v) is 4.22. The van der Waals surface area contributed by atoms with Gasteiger partial charge in [-0.15, -0.1) is 11.3 Å². The van der Waals surface area contributed by atoms with Crippen molar-refractivity contribution >= 4 is 28.3 Å². The number of hydrogen-bond donors (Lipinski definition) is 2. The monoisotopic (exact) mass is 360 g/mol. The number of aromatic nitrogens is 5. The minimum Gasteiger partial charge on any atom is -0.481 e. The number of carboxylic acids is 1. The van der Waals surface area contributed by atoms with Crippen LogP contribution in [0, 0.1) is 0 Å². The quantitative estimate of drug-likeness (QED) is 0.665. The molecule has 1 amide bonds. The Morgan fingerprint density at radius 2 is 2.20 bits per heavy atom. The lowest BCUT2D eigenvalue weighted by atomic mass is 10.3. The number of amides is 1. The number of aryl methyl sites for hydroxylation is 2. The van der Waals surface area contributed by atoms with Crippen LogP contribution >= 0.6 is 11.3 Å². The number of carbonyl (C=O) groups is 2. The molecule has 10 heteroatoms. The Morgan fingerprint density at radius 1 is 1.36 bits per heavy atom. The van der Waals surface area contributed by atoms with Crippen molar-refractivity contribution in [3.8, 4) is 11.3 Å². The fraction of sp³-hybridized carbons (Fsp3) is 0.267. The Morgan fingerprint density at radius 3 is 2.92 bits per heavy atom. The fourth-order valence-electron chi connectivity index (χ4n) is 2.20. The lowest BCUT2D eigenvalue weighted by molar-refractivity contribution is -0.137. The van der Waals surface area contributed by atoms with Gasteiger partial charge in [-0.25, -0.2) is 4.98 Å². The molecule has 2 N–H and O–H groups in total. The number of anilines is 1. The Balaban J connectivity index is 1.70. The summed E-state index contributed by atoms with van der Waals surface area (Å²) in [5.41, 5.74) is 1.90. The summed E-state index contributed by atoms with van der Waals surface area (Å²) in [5.74, 6) is -1.33. The molecule has 0 saturated heterocycles. The largest absolute Gasteiger partial charge is 0.481 e. The molecule has 0 aliphatic heterocycles. The SMILES string of the molecule is CCn1cc(-c2csc(NC(=O)c3ccnn3CCC(=O)O)n2)cn1. The molecule has 0 bridgehead atoms. The van der Waals surface area contributed by atoms with Crippen LogP contribution in [-0.4, -0.2) is 41.5 Å². The molecule has 3 rings (SSSR count). The molecule has 9 nitrogen and oxygen atoms in total. The molecule has 0 saturated carbocycles. The minimum absolute atomic E-state index is 0.106. The van der Waals surface area contributed by atoms with Crippen LogP contribution in [0.2, 0.25) is 0 Å². The molecule has 0 spiro atoms. The van der Waals surface area contributed by atoms with Crippen molar-refractivity contribution in [2.75, 3.05) is 5.32 Å². The van der Waals surface area contributed by atoms with Gasteiger partial charge in [0.2, 0.25) is 0 Å². The van der Waals surface area contributed by atoms with E-state index in [1.54, 1.807) is 10.9 Å². The first-order chi connectivity index (χ1) is 12.1. The maximum Gasteiger partial charge on any atom is 0.305 e. The van der Waals surface area contributed by atoms with Crippen molar-refractivity contribution in [2.24, 2.45) is 0 Å². The molecule has 0 aliphatic rings. The molecule has 130 valence electrons. The number of thiazole rings is 1. The summed E-state index contributed by atoms with van der Waals surface area (Å²) in [5, 5.41) is 21.9. The van der Waals surface area contributed by atoms with E-state index in [0.29, 0.717) is 5.13 Å². The van der Waals surface area contributed by atoms with Gasteiger partial charge in [-0.2, -0.15) is 10.2 Å². The highest BCUT2D eigenvalue weighted by Gasteiger charge is 2.15. The molecule has 3 aromatic rings. The average Bonchev–Trinajstić information content (AvgIpc) is 3.32. The first-order valence-corrected chi connectivity index (χ1v) is 8.48. The summed E-state index contributed by atoms with van der Waals surface area (Å²) < 4.78 is 3.16. The summed E-state index contributed by atoms with van der Waals surface area (Å²) in [6.07, 6.45) is 4.97. The summed E-state index contributed by atoms with van der Waals surface area (Å²) in [4.78, 5) is 27.4. The maximum atomic E-state index is 12.4. The molecule has 0 aromatic carbocycles. The van der Waals surface area contributed by atoms with Gasteiger partial charge in [-0.1, -0.05) is 0 Å². The lowest BCUT2D eigenvalue weighted by Gasteiger charge is -2.05. The number of hydrogen-bond acceptors (Lipinski definition) is 6. The van der Waals surface area contributed by atoms with E-state index in [0.717, 1.165) is 17.8 Å². The van der Waals surface area contributed by atoms with Crippen LogP contribution < -0.4 is 5.32 Å². The highest BCUT2D eigenvalue weighted by Crippen LogP contribution is 2.24. The van der Waals surface area contributed by atoms with E-state index in [4.69, 9.17) is 5.11 Å². The van der Waals surface area contributed by atoms with Gasteiger partial charge in [0, 0.05) is 29.9 Å². The van der Waals surface area contributed by atoms with Crippen LogP contribution in [0.1, 0.15) is 23.8 Å². The molecule has 0 unspecified atom stereocenters. The Labute approximate surface area is 146 Å². The minimum atomic E-state index is -0.945. The van der Waals surface area contributed by atoms with Gasteiger partial charge in [0.25, 0.3) is 5.91 Å². The standard InChI is InChI=1S/C15H16N6O3S/c1-2-20-8-10(7-17-20)11-9-25-15(18-11)19-14(24)12-3-5-16-21(12)6-4-13(22)23/h3,5,7-9H,2,4,6H2,1H3,(H,22,23)(H,18,19,24). The average molecular weight is 360 g/mol. The van der Waals surface area contributed by atoms with Crippen LogP contribution in [0.25, 0.3) is 11.3 Å². The van der Waals surface area contributed by atoms with Gasteiger partial charge in [-0.3, -0.25) is 24.3 Å². The zero-order valence-corrected chi connectivity index (χ0v) is 14.2. The summed E-state index contributed by atoms with van der Waals surface area (Å²) in [6, 6.07) is 1.54. The molecule has 0 radical (unpaired) electrons. The van der Waals surface area contributed by atoms with E-state index in [1.165, 1.54) is 28.3 Å². The van der Waals surface area contributed by atoms with Gasteiger partial charge in [0.15, 0.2) is 5.13 Å². The highest BCUT2D eigenvalue weighted by atomic mass is 32.1. The third-order valence-electron chi connectivity index (χ3n) is 3.46. The normalized spacial score (nSPS) is 10.8. The number of nitrogens with zero attached hydrogens (tertiary/aromatic N) is 5. The maximum absolute atomic E-state index is 12.4. The molecule has 0 atom stereocenters. The van der Waals surface area contributed by atoms with Crippen LogP contribution in [0.3, 0.4) is 0 Å². The first-order valence-electron chi connectivity index (χ1n) is 7.60. The zero-order chi connectivity index (χ0) is 17.8. The van der Waals surface area contributed by atoms with Crippen molar-refractivity contribution in [3.05, 3.63) is 35.7 Å². The van der Waals surface area contributed by atoms with E-state index in [9.17, 15) is 9.59 Å². The Kier molecular flexibility index (Phi) is 4.89. The van der Waals surface area contributed by atoms with Crippen molar-refractivity contribution in [1.29, 1.82) is 0 Å². The highest BCUT2D eigenvalue weighted by molar-refractivity contribution is 7.14. The lowest BCUT2D eigenvalue weighted by Crippen LogP contribution is -2.18. The summed E-state index contributed by atoms with van der Waals surface area (Å²) in [7, 11) is 0. The van der Waals surface area contributed by atoms with Gasteiger partial charge >= 0.3 is 5.97 Å². The smallest absolute Gasteiger partial charge is 0.305 e. The van der Waals surface area contributed by atoms with Gasteiger partial charge < -0.3 is 5.11 Å². The predicted octanol–water partition coefficient (Wildman–Crippen LogP) is 1.95. The number of rotatable bonds is 7. The molecular weight excluding hydrogens is 344 g/mol. The van der Waals surface area contributed by atoms with Gasteiger partial charge in [-0.05, 0) is 13.0 Å². The van der Waals surface area contributed by atoms with Crippen LogP contribution in [0.4, 0.5) is 5.13 Å². The van der Waals surface area contributed by atoms with E-state index in [-0.39, 0.29) is 24.6 Å². The van der Waals surface area contributed by atoms with E-state index >= 15 is 0 Å². The molecule has 3 heterocycles. The number of nitrogens with one attached hydrogen (secondary N) is 1. The van der Waals surface area contributed by atoms with Crippen LogP contribution in [-0.2, 0) is 17.9 Å². The van der Waals surface area contributed by atoms with Gasteiger partial charge in [0.1, 0.15) is 5.69 Å². The second-order valence-electron chi connectivity index (χ2n) is 5.16. The van der Waals surface area contributed by atoms with Crippen LogP contribution in [0.15, 0.2) is 30.0 Å². The van der Waals surface area contributed by atoms with Crippen molar-refractivity contribution in [1.82, 2.24) is 24.5 Å². The Bertz CT molecular complexity index is 897. The van der Waals surface area contributed by atoms with Crippen molar-refractivity contribution < 1.29 is 14.7 Å². The van der Waals surface area contributed by atoms with Crippen molar-refractivity contribution in [2.45, 2.75) is 26.4 Å². The summed E-state index contributed by atoms with van der Waals surface area (Å²) >= 11 is 1.31. The van der Waals surface area contributed by atoms with E-state index in [1.807, 2.05) is 18.5 Å². The fourth-order valence-corrected chi connectivity index (χ4v) is 2.91. The van der Waals surface area contributed by atoms with E-state index < -0.39 is 5.97 Å². The number of carbonyl (C=O) groups excluding carboxylic acids is 1. The van der Waals surface area contributed by atoms with Crippen LogP contribution in [0.5, 0.6) is 0 Å². The Hall–Kier alpha value is -3.01. The molecule has 0 aliphatic carbocycles. The molecule has 0 fully saturated rings. The predicted molar refractivity (Wildman–Crippen MR) is 91.4 cm³/mol. The first kappa shape index (κ1) is 16.8. The van der Waals surface area contributed by atoms with Gasteiger partial charge in [0.05, 0.1) is 24.9 Å². The number of aliphatic carboxylic acids is 1. The molecular formula is C15H16N6O3S. The number of carboxylic acid groups (broad SMARTS) is 1. The third kappa shape index (κ3) is 3.91. The molecule has 25 heavy (non-hydrogen) atoms. The molecule has 3 aromatic heterocycles. The van der Waals surface area contributed by atoms with Crippen molar-refractivity contribution in [3.63, 3.8) is 0 Å².